The lowest BCUT2D eigenvalue weighted by atomic mass is 10.0. The standard InChI is InChI=1S/C39H79O8PS/c1-3-5-7-9-11-13-15-17-19-21-23-25-27-29-32-46-39(36-47-48(42,43)33-31-38(41)35-40)37-49(44,45)34-30-28-26-24-22-20-18-16-14-12-10-8-6-4-2/h13,15,38-41H,3-12,14,16-37H2,1-2H3,(H,42,43). The first kappa shape index (κ1) is 48.7. The summed E-state index contributed by atoms with van der Waals surface area (Å²) < 4.78 is 49.6. The molecule has 49 heavy (non-hydrogen) atoms. The average Bonchev–Trinajstić information content (AvgIpc) is 3.07. The molecule has 8 nitrogen and oxygen atoms in total. The van der Waals surface area contributed by atoms with E-state index in [-0.39, 0.29) is 30.7 Å². The van der Waals surface area contributed by atoms with Crippen molar-refractivity contribution in [2.45, 2.75) is 199 Å². The number of ether oxygens (including phenoxy) is 1. The van der Waals surface area contributed by atoms with E-state index in [1.165, 1.54) is 109 Å². The number of hydrogen-bond acceptors (Lipinski definition) is 7. The maximum absolute atomic E-state index is 13.0. The Balaban J connectivity index is 4.36. The molecule has 0 aliphatic rings. The molecule has 0 radical (unpaired) electrons. The number of sulfone groups is 1. The van der Waals surface area contributed by atoms with E-state index in [1.807, 2.05) is 0 Å². The molecule has 0 spiro atoms. The Hall–Kier alpha value is -0.280. The molecule has 10 heteroatoms. The van der Waals surface area contributed by atoms with E-state index in [0.717, 1.165) is 51.4 Å². The smallest absolute Gasteiger partial charge is 0.328 e. The van der Waals surface area contributed by atoms with Crippen molar-refractivity contribution in [3.8, 4) is 0 Å². The highest BCUT2D eigenvalue weighted by Crippen LogP contribution is 2.43. The fraction of sp³-hybridized carbons (Fsp3) is 0.949. The molecule has 3 atom stereocenters. The highest BCUT2D eigenvalue weighted by atomic mass is 32.2. The van der Waals surface area contributed by atoms with Crippen LogP contribution in [0.3, 0.4) is 0 Å². The van der Waals surface area contributed by atoms with Gasteiger partial charge in [0.05, 0.1) is 43.1 Å². The third-order valence-electron chi connectivity index (χ3n) is 9.18. The number of rotatable bonds is 39. The van der Waals surface area contributed by atoms with Crippen LogP contribution in [0.5, 0.6) is 0 Å². The Morgan fingerprint density at radius 3 is 1.57 bits per heavy atom. The van der Waals surface area contributed by atoms with E-state index in [9.17, 15) is 23.0 Å². The van der Waals surface area contributed by atoms with Crippen molar-refractivity contribution in [3.05, 3.63) is 12.2 Å². The molecule has 3 unspecified atom stereocenters. The Labute approximate surface area is 303 Å². The lowest BCUT2D eigenvalue weighted by Gasteiger charge is -2.21. The first-order valence-electron chi connectivity index (χ1n) is 20.4. The zero-order chi connectivity index (χ0) is 36.3. The monoisotopic (exact) mass is 739 g/mol. The number of aliphatic hydroxyl groups excluding tert-OH is 2. The van der Waals surface area contributed by atoms with Crippen LogP contribution in [0.25, 0.3) is 0 Å². The van der Waals surface area contributed by atoms with Gasteiger partial charge in [-0.3, -0.25) is 4.57 Å². The Morgan fingerprint density at radius 1 is 0.653 bits per heavy atom. The summed E-state index contributed by atoms with van der Waals surface area (Å²) in [6.45, 7) is 4.06. The summed E-state index contributed by atoms with van der Waals surface area (Å²) in [7, 11) is -7.48. The van der Waals surface area contributed by atoms with Gasteiger partial charge in [0.1, 0.15) is 0 Å². The first-order valence-corrected chi connectivity index (χ1v) is 24.0. The van der Waals surface area contributed by atoms with Crippen LogP contribution in [0.4, 0.5) is 0 Å². The van der Waals surface area contributed by atoms with Crippen LogP contribution in [0.2, 0.25) is 0 Å². The molecule has 0 heterocycles. The lowest BCUT2D eigenvalue weighted by molar-refractivity contribution is 0.0287. The predicted octanol–water partition coefficient (Wildman–Crippen LogP) is 10.5. The van der Waals surface area contributed by atoms with E-state index in [2.05, 4.69) is 26.0 Å². The third kappa shape index (κ3) is 35.9. The van der Waals surface area contributed by atoms with Gasteiger partial charge >= 0.3 is 7.60 Å². The summed E-state index contributed by atoms with van der Waals surface area (Å²) in [6.07, 6.45) is 33.2. The molecule has 0 aromatic rings. The molecule has 0 saturated heterocycles. The lowest BCUT2D eigenvalue weighted by Crippen LogP contribution is -2.30. The summed E-state index contributed by atoms with van der Waals surface area (Å²) in [5.74, 6) is -0.157. The van der Waals surface area contributed by atoms with Gasteiger partial charge in [0.2, 0.25) is 0 Å². The minimum absolute atomic E-state index is 0.0808. The topological polar surface area (TPSA) is 130 Å². The normalized spacial score (nSPS) is 14.8. The Morgan fingerprint density at radius 2 is 1.08 bits per heavy atom. The molecule has 0 rings (SSSR count). The molecule has 0 aromatic heterocycles. The van der Waals surface area contributed by atoms with E-state index in [0.29, 0.717) is 13.0 Å². The second-order valence-electron chi connectivity index (χ2n) is 14.2. The summed E-state index contributed by atoms with van der Waals surface area (Å²) in [5.41, 5.74) is 0. The first-order chi connectivity index (χ1) is 23.7. The van der Waals surface area contributed by atoms with E-state index in [4.69, 9.17) is 14.4 Å². The quantitative estimate of drug-likeness (QED) is 0.0323. The molecule has 294 valence electrons. The average molecular weight is 739 g/mol. The van der Waals surface area contributed by atoms with Crippen LogP contribution >= 0.6 is 7.60 Å². The minimum atomic E-state index is -4.06. The molecule has 0 aromatic carbocycles. The van der Waals surface area contributed by atoms with Crippen molar-refractivity contribution in [1.29, 1.82) is 0 Å². The maximum Gasteiger partial charge on any atom is 0.328 e. The maximum atomic E-state index is 13.0. The van der Waals surface area contributed by atoms with Gasteiger partial charge < -0.3 is 24.4 Å². The summed E-state index contributed by atoms with van der Waals surface area (Å²) >= 11 is 0. The highest BCUT2D eigenvalue weighted by molar-refractivity contribution is 7.91. The van der Waals surface area contributed by atoms with Crippen molar-refractivity contribution < 1.29 is 37.3 Å². The van der Waals surface area contributed by atoms with Crippen molar-refractivity contribution in [2.75, 3.05) is 37.5 Å². The van der Waals surface area contributed by atoms with E-state index < -0.39 is 36.2 Å². The van der Waals surface area contributed by atoms with Crippen molar-refractivity contribution in [2.24, 2.45) is 0 Å². The van der Waals surface area contributed by atoms with Crippen LogP contribution in [0.1, 0.15) is 187 Å². The van der Waals surface area contributed by atoms with Crippen LogP contribution < -0.4 is 0 Å². The van der Waals surface area contributed by atoms with Crippen molar-refractivity contribution >= 4 is 17.4 Å². The molecule has 0 saturated carbocycles. The molecule has 0 amide bonds. The molecule has 0 aliphatic heterocycles. The third-order valence-corrected chi connectivity index (χ3v) is 12.3. The molecular formula is C39H79O8PS. The number of hydrogen-bond donors (Lipinski definition) is 3. The molecule has 3 N–H and O–H groups in total. The van der Waals surface area contributed by atoms with Gasteiger partial charge in [-0.15, -0.1) is 0 Å². The van der Waals surface area contributed by atoms with Crippen LogP contribution in [-0.2, 0) is 23.7 Å². The van der Waals surface area contributed by atoms with Crippen molar-refractivity contribution in [3.63, 3.8) is 0 Å². The van der Waals surface area contributed by atoms with Crippen LogP contribution in [0, 0.1) is 0 Å². The zero-order valence-electron chi connectivity index (χ0n) is 31.9. The predicted molar refractivity (Wildman–Crippen MR) is 207 cm³/mol. The Kier molecular flexibility index (Phi) is 34.6. The zero-order valence-corrected chi connectivity index (χ0v) is 33.6. The SMILES string of the molecule is CCCCCCC=CCCCCCCCCOC(COP(=O)(O)CCC(O)CO)CS(=O)(=O)CCCCCCCCCCCCCCCC. The Bertz CT molecular complexity index is 882. The van der Waals surface area contributed by atoms with Gasteiger partial charge in [0.25, 0.3) is 0 Å². The fourth-order valence-corrected chi connectivity index (χ4v) is 8.66. The summed E-state index contributed by atoms with van der Waals surface area (Å²) in [4.78, 5) is 10.2. The summed E-state index contributed by atoms with van der Waals surface area (Å²) in [6, 6.07) is 0. The van der Waals surface area contributed by atoms with Gasteiger partial charge in [0.15, 0.2) is 9.84 Å². The van der Waals surface area contributed by atoms with Gasteiger partial charge in [-0.05, 0) is 44.9 Å². The van der Waals surface area contributed by atoms with Crippen LogP contribution in [-0.4, -0.2) is 73.2 Å². The number of unbranched alkanes of at least 4 members (excludes halogenated alkanes) is 23. The van der Waals surface area contributed by atoms with E-state index in [1.54, 1.807) is 0 Å². The largest absolute Gasteiger partial charge is 0.394 e. The highest BCUT2D eigenvalue weighted by Gasteiger charge is 2.26. The van der Waals surface area contributed by atoms with E-state index >= 15 is 0 Å². The fourth-order valence-electron chi connectivity index (χ4n) is 5.94. The number of allylic oxidation sites excluding steroid dienone is 2. The van der Waals surface area contributed by atoms with Gasteiger partial charge in [-0.1, -0.05) is 154 Å². The molecule has 0 bridgehead atoms. The minimum Gasteiger partial charge on any atom is -0.394 e. The van der Waals surface area contributed by atoms with Gasteiger partial charge in [-0.2, -0.15) is 0 Å². The molecule has 0 fully saturated rings. The van der Waals surface area contributed by atoms with Crippen LogP contribution in [0.15, 0.2) is 12.2 Å². The van der Waals surface area contributed by atoms with Gasteiger partial charge in [0, 0.05) is 6.61 Å². The molecule has 0 aliphatic carbocycles. The van der Waals surface area contributed by atoms with Crippen molar-refractivity contribution in [1.82, 2.24) is 0 Å². The summed E-state index contributed by atoms with van der Waals surface area (Å²) in [5, 5.41) is 18.5. The number of aliphatic hydroxyl groups is 2. The van der Waals surface area contributed by atoms with Gasteiger partial charge in [-0.25, -0.2) is 8.42 Å². The second-order valence-corrected chi connectivity index (χ2v) is 18.4. The molecular weight excluding hydrogens is 659 g/mol. The second kappa shape index (κ2) is 34.8.